The van der Waals surface area contributed by atoms with Crippen LogP contribution in [0.15, 0.2) is 81.9 Å². The van der Waals surface area contributed by atoms with E-state index in [0.717, 1.165) is 15.6 Å². The molecule has 0 aliphatic carbocycles. The molecule has 7 heteroatoms. The molecule has 0 spiro atoms. The maximum absolute atomic E-state index is 12.4. The molecule has 0 atom stereocenters. The van der Waals surface area contributed by atoms with Crippen LogP contribution in [-0.2, 0) is 16.1 Å². The van der Waals surface area contributed by atoms with Crippen molar-refractivity contribution in [1.29, 1.82) is 0 Å². The van der Waals surface area contributed by atoms with Gasteiger partial charge in [0.25, 0.3) is 0 Å². The van der Waals surface area contributed by atoms with E-state index in [1.807, 2.05) is 61.5 Å². The summed E-state index contributed by atoms with van der Waals surface area (Å²) in [6.07, 6.45) is 1.66. The van der Waals surface area contributed by atoms with Crippen molar-refractivity contribution in [3.63, 3.8) is 0 Å². The molecule has 0 amide bonds. The lowest BCUT2D eigenvalue weighted by atomic mass is 10.1. The number of carbonyl (C=O) groups is 1. The normalized spacial score (nSPS) is 14.3. The van der Waals surface area contributed by atoms with Gasteiger partial charge in [0, 0.05) is 15.1 Å². The second kappa shape index (κ2) is 10.0. The van der Waals surface area contributed by atoms with Crippen LogP contribution in [0.2, 0.25) is 5.02 Å². The van der Waals surface area contributed by atoms with Gasteiger partial charge >= 0.3 is 5.97 Å². The minimum Gasteiger partial charge on any atom is -0.490 e. The highest BCUT2D eigenvalue weighted by Crippen LogP contribution is 2.32. The average molecular weight is 513 g/mol. The molecule has 4 rings (SSSR count). The highest BCUT2D eigenvalue weighted by atomic mass is 79.9. The van der Waals surface area contributed by atoms with Crippen molar-refractivity contribution in [1.82, 2.24) is 0 Å². The molecule has 0 unspecified atom stereocenters. The van der Waals surface area contributed by atoms with Crippen molar-refractivity contribution >= 4 is 45.5 Å². The van der Waals surface area contributed by atoms with Crippen molar-refractivity contribution in [2.75, 3.05) is 6.61 Å². The molecule has 0 N–H and O–H groups in total. The zero-order valence-electron chi connectivity index (χ0n) is 17.2. The van der Waals surface area contributed by atoms with Gasteiger partial charge in [-0.1, -0.05) is 48.0 Å². The fraction of sp³-hybridized carbons (Fsp3) is 0.120. The zero-order valence-corrected chi connectivity index (χ0v) is 19.5. The van der Waals surface area contributed by atoms with Crippen LogP contribution < -0.4 is 9.47 Å². The Hall–Kier alpha value is -3.09. The summed E-state index contributed by atoms with van der Waals surface area (Å²) in [6.45, 7) is 2.67. The maximum atomic E-state index is 12.4. The summed E-state index contributed by atoms with van der Waals surface area (Å²) < 4.78 is 17.8. The summed E-state index contributed by atoms with van der Waals surface area (Å²) in [6, 6.07) is 20.4. The van der Waals surface area contributed by atoms with Gasteiger partial charge < -0.3 is 14.2 Å². The van der Waals surface area contributed by atoms with Gasteiger partial charge in [-0.05, 0) is 64.8 Å². The third kappa shape index (κ3) is 5.03. The van der Waals surface area contributed by atoms with Crippen molar-refractivity contribution in [3.05, 3.63) is 98.6 Å². The fourth-order valence-corrected chi connectivity index (χ4v) is 3.73. The standard InChI is InChI=1S/C25H19BrClNO4/c1-2-30-23-14-16(11-12-22(23)31-15-17-7-3-6-10-20(17)27)13-21-25(29)32-24(28-21)18-8-4-5-9-19(18)26/h3-14H,2,15H2,1H3/b21-13-. The van der Waals surface area contributed by atoms with Crippen LogP contribution in [0.4, 0.5) is 0 Å². The summed E-state index contributed by atoms with van der Waals surface area (Å²) in [5, 5.41) is 0.644. The predicted molar refractivity (Wildman–Crippen MR) is 128 cm³/mol. The van der Waals surface area contributed by atoms with E-state index in [1.54, 1.807) is 18.2 Å². The van der Waals surface area contributed by atoms with Gasteiger partial charge in [0.15, 0.2) is 17.2 Å². The maximum Gasteiger partial charge on any atom is 0.363 e. The fourth-order valence-electron chi connectivity index (χ4n) is 3.09. The van der Waals surface area contributed by atoms with E-state index >= 15 is 0 Å². The smallest absolute Gasteiger partial charge is 0.363 e. The number of cyclic esters (lactones) is 1. The molecule has 0 aromatic heterocycles. The first kappa shape index (κ1) is 22.1. The molecule has 0 radical (unpaired) electrons. The van der Waals surface area contributed by atoms with Gasteiger partial charge in [0.05, 0.1) is 12.2 Å². The van der Waals surface area contributed by atoms with E-state index < -0.39 is 5.97 Å². The Balaban J connectivity index is 1.58. The molecule has 32 heavy (non-hydrogen) atoms. The first-order valence-electron chi connectivity index (χ1n) is 9.95. The van der Waals surface area contributed by atoms with Crippen LogP contribution in [0.5, 0.6) is 11.5 Å². The largest absolute Gasteiger partial charge is 0.490 e. The first-order valence-corrected chi connectivity index (χ1v) is 11.1. The minimum absolute atomic E-state index is 0.211. The lowest BCUT2D eigenvalue weighted by Crippen LogP contribution is -2.05. The minimum atomic E-state index is -0.507. The lowest BCUT2D eigenvalue weighted by Gasteiger charge is -2.13. The molecule has 0 saturated heterocycles. The molecular formula is C25H19BrClNO4. The topological polar surface area (TPSA) is 57.1 Å². The van der Waals surface area contributed by atoms with Crippen LogP contribution in [0.25, 0.3) is 6.08 Å². The number of hydrogen-bond donors (Lipinski definition) is 0. The molecular weight excluding hydrogens is 494 g/mol. The molecule has 0 bridgehead atoms. The van der Waals surface area contributed by atoms with Crippen LogP contribution in [0.3, 0.4) is 0 Å². The Morgan fingerprint density at radius 3 is 2.59 bits per heavy atom. The summed E-state index contributed by atoms with van der Waals surface area (Å²) in [7, 11) is 0. The van der Waals surface area contributed by atoms with Gasteiger partial charge in [0.1, 0.15) is 6.61 Å². The molecule has 1 aliphatic rings. The van der Waals surface area contributed by atoms with Crippen LogP contribution in [0.1, 0.15) is 23.6 Å². The van der Waals surface area contributed by atoms with Crippen molar-refractivity contribution in [2.24, 2.45) is 4.99 Å². The van der Waals surface area contributed by atoms with Crippen molar-refractivity contribution < 1.29 is 19.0 Å². The molecule has 0 saturated carbocycles. The van der Waals surface area contributed by atoms with Gasteiger partial charge in [0.2, 0.25) is 5.90 Å². The third-order valence-electron chi connectivity index (χ3n) is 4.64. The quantitative estimate of drug-likeness (QED) is 0.271. The number of nitrogens with zero attached hydrogens (tertiary/aromatic N) is 1. The number of aliphatic imine (C=N–C) groups is 1. The summed E-state index contributed by atoms with van der Waals surface area (Å²) >= 11 is 9.67. The zero-order chi connectivity index (χ0) is 22.5. The molecule has 3 aromatic rings. The number of benzene rings is 3. The molecule has 1 aliphatic heterocycles. The second-order valence-corrected chi connectivity index (χ2v) is 8.10. The van der Waals surface area contributed by atoms with Crippen molar-refractivity contribution in [2.45, 2.75) is 13.5 Å². The number of rotatable bonds is 7. The lowest BCUT2D eigenvalue weighted by molar-refractivity contribution is -0.129. The van der Waals surface area contributed by atoms with E-state index in [2.05, 4.69) is 20.9 Å². The summed E-state index contributed by atoms with van der Waals surface area (Å²) in [4.78, 5) is 16.7. The van der Waals surface area contributed by atoms with E-state index in [1.165, 1.54) is 0 Å². The number of carbonyl (C=O) groups excluding carboxylic acids is 1. The number of halogens is 2. The highest BCUT2D eigenvalue weighted by molar-refractivity contribution is 9.10. The third-order valence-corrected chi connectivity index (χ3v) is 5.70. The summed E-state index contributed by atoms with van der Waals surface area (Å²) in [5.41, 5.74) is 2.54. The van der Waals surface area contributed by atoms with Gasteiger partial charge in [-0.2, -0.15) is 0 Å². The van der Waals surface area contributed by atoms with Crippen LogP contribution >= 0.6 is 27.5 Å². The molecule has 1 heterocycles. The Bertz CT molecular complexity index is 1220. The number of ether oxygens (including phenoxy) is 3. The van der Waals surface area contributed by atoms with E-state index in [4.69, 9.17) is 25.8 Å². The van der Waals surface area contributed by atoms with Crippen molar-refractivity contribution in [3.8, 4) is 11.5 Å². The van der Waals surface area contributed by atoms with Crippen LogP contribution in [-0.4, -0.2) is 18.5 Å². The van der Waals surface area contributed by atoms with Gasteiger partial charge in [-0.3, -0.25) is 0 Å². The van der Waals surface area contributed by atoms with Crippen LogP contribution in [0, 0.1) is 0 Å². The van der Waals surface area contributed by atoms with E-state index in [-0.39, 0.29) is 11.6 Å². The molecule has 162 valence electrons. The Morgan fingerprint density at radius 1 is 1.03 bits per heavy atom. The second-order valence-electron chi connectivity index (χ2n) is 6.84. The Labute approximate surface area is 199 Å². The Morgan fingerprint density at radius 2 is 1.81 bits per heavy atom. The number of esters is 1. The van der Waals surface area contributed by atoms with E-state index in [9.17, 15) is 4.79 Å². The van der Waals surface area contributed by atoms with E-state index in [0.29, 0.717) is 35.3 Å². The monoisotopic (exact) mass is 511 g/mol. The predicted octanol–water partition coefficient (Wildman–Crippen LogP) is 6.42. The van der Waals surface area contributed by atoms with Gasteiger partial charge in [-0.25, -0.2) is 9.79 Å². The molecule has 3 aromatic carbocycles. The average Bonchev–Trinajstić information content (AvgIpc) is 3.14. The SMILES string of the molecule is CCOc1cc(/C=C2\N=C(c3ccccc3Br)OC2=O)ccc1OCc1ccccc1Cl. The number of hydrogen-bond acceptors (Lipinski definition) is 5. The first-order chi connectivity index (χ1) is 15.5. The summed E-state index contributed by atoms with van der Waals surface area (Å²) in [5.74, 6) is 0.904. The van der Waals surface area contributed by atoms with Gasteiger partial charge in [-0.15, -0.1) is 0 Å². The Kier molecular flexibility index (Phi) is 6.93. The molecule has 0 fully saturated rings. The highest BCUT2D eigenvalue weighted by Gasteiger charge is 2.25. The molecule has 5 nitrogen and oxygen atoms in total.